The highest BCUT2D eigenvalue weighted by atomic mass is 127. The van der Waals surface area contributed by atoms with Gasteiger partial charge in [-0.05, 0) is 10.5 Å². The molecule has 0 atom stereocenters. The number of aromatic nitrogens is 2. The molecule has 2 rings (SSSR count). The van der Waals surface area contributed by atoms with Gasteiger partial charge in [-0.3, -0.25) is 0 Å². The van der Waals surface area contributed by atoms with Gasteiger partial charge in [0, 0.05) is 12.5 Å². The third-order valence-electron chi connectivity index (χ3n) is 3.39. The molecular formula is C17H25IN4O5. The number of halogens is 1. The van der Waals surface area contributed by atoms with Crippen molar-refractivity contribution in [3.8, 4) is 0 Å². The van der Waals surface area contributed by atoms with E-state index in [1.807, 2.05) is 12.1 Å². The van der Waals surface area contributed by atoms with E-state index in [1.165, 1.54) is 10.8 Å². The summed E-state index contributed by atoms with van der Waals surface area (Å²) in [6.45, 7) is 2.62. The molecule has 1 aromatic carbocycles. The first-order valence-corrected chi connectivity index (χ1v) is 7.93. The molecule has 1 aromatic heterocycles. The van der Waals surface area contributed by atoms with E-state index in [-0.39, 0.29) is 48.5 Å². The molecule has 0 unspecified atom stereocenters. The third kappa shape index (κ3) is 8.45. The molecule has 10 heteroatoms. The van der Waals surface area contributed by atoms with Crippen LogP contribution in [0.4, 0.5) is 5.82 Å². The van der Waals surface area contributed by atoms with E-state index in [4.69, 9.17) is 5.11 Å². The number of carboxylic acid groups (broad SMARTS) is 1. The summed E-state index contributed by atoms with van der Waals surface area (Å²) in [6, 6.07) is 6.82. The first kappa shape index (κ1) is 24.9. The van der Waals surface area contributed by atoms with Crippen molar-refractivity contribution in [2.45, 2.75) is 20.0 Å². The number of quaternary nitrogens is 1. The van der Waals surface area contributed by atoms with E-state index in [9.17, 15) is 20.0 Å². The largest absolute Gasteiger partial charge is 0.545 e. The van der Waals surface area contributed by atoms with E-state index in [0.717, 1.165) is 16.6 Å². The summed E-state index contributed by atoms with van der Waals surface area (Å²) >= 11 is 0. The van der Waals surface area contributed by atoms with Gasteiger partial charge in [0.25, 0.3) is 0 Å². The maximum absolute atomic E-state index is 10.5. The lowest BCUT2D eigenvalue weighted by atomic mass is 10.1. The number of hydrogen-bond acceptors (Lipinski definition) is 6. The number of imidazole rings is 1. The van der Waals surface area contributed by atoms with E-state index < -0.39 is 10.9 Å². The summed E-state index contributed by atoms with van der Waals surface area (Å²) in [6.07, 6.45) is 1.19. The highest BCUT2D eigenvalue weighted by molar-refractivity contribution is 14.0. The van der Waals surface area contributed by atoms with Crippen molar-refractivity contribution in [1.29, 1.82) is 0 Å². The molecule has 9 nitrogen and oxygen atoms in total. The number of nitrogens with zero attached hydrogens (tertiary/aromatic N) is 4. The molecule has 0 saturated carbocycles. The number of carboxylic acids is 1. The number of carbonyl (C=O) groups is 1. The normalized spacial score (nSPS) is 10.4. The lowest BCUT2D eigenvalue weighted by molar-refractivity contribution is -0.884. The summed E-state index contributed by atoms with van der Waals surface area (Å²) in [7, 11) is 6.27. The van der Waals surface area contributed by atoms with Crippen LogP contribution >= 0.6 is 24.0 Å². The molecule has 1 heterocycles. The van der Waals surface area contributed by atoms with Crippen molar-refractivity contribution in [3.63, 3.8) is 0 Å². The molecule has 0 saturated heterocycles. The van der Waals surface area contributed by atoms with Crippen LogP contribution in [0.25, 0.3) is 0 Å². The molecule has 0 amide bonds. The number of aliphatic hydroxyl groups excluding tert-OH is 1. The van der Waals surface area contributed by atoms with Crippen LogP contribution in [0, 0.1) is 17.0 Å². The maximum Gasteiger partial charge on any atom is 0.342 e. The van der Waals surface area contributed by atoms with E-state index >= 15 is 0 Å². The molecule has 1 N–H and O–H groups in total. The van der Waals surface area contributed by atoms with Crippen LogP contribution in [-0.2, 0) is 13.1 Å². The zero-order valence-electron chi connectivity index (χ0n) is 15.8. The fourth-order valence-electron chi connectivity index (χ4n) is 2.27. The number of aromatic carboxylic acids is 1. The second-order valence-electron chi connectivity index (χ2n) is 6.73. The van der Waals surface area contributed by atoms with E-state index in [2.05, 4.69) is 26.1 Å². The number of aryl methyl sites for hydroxylation is 1. The highest BCUT2D eigenvalue weighted by Crippen LogP contribution is 2.12. The third-order valence-corrected chi connectivity index (χ3v) is 3.39. The van der Waals surface area contributed by atoms with Crippen LogP contribution in [0.15, 0.2) is 30.5 Å². The summed E-state index contributed by atoms with van der Waals surface area (Å²) in [5.41, 5.74) is 1.36. The zero-order chi connectivity index (χ0) is 19.9. The van der Waals surface area contributed by atoms with Crippen LogP contribution in [0.2, 0.25) is 0 Å². The monoisotopic (exact) mass is 492 g/mol. The fraction of sp³-hybridized carbons (Fsp3) is 0.412. The first-order chi connectivity index (χ1) is 12.0. The molecule has 2 aromatic rings. The Bertz CT molecular complexity index is 754. The number of aliphatic hydroxyl groups is 1. The minimum Gasteiger partial charge on any atom is -0.545 e. The van der Waals surface area contributed by atoms with Crippen LogP contribution in [0.5, 0.6) is 0 Å². The average molecular weight is 492 g/mol. The molecular weight excluding hydrogens is 467 g/mol. The Morgan fingerprint density at radius 3 is 2.22 bits per heavy atom. The van der Waals surface area contributed by atoms with E-state index in [1.54, 1.807) is 19.1 Å². The highest BCUT2D eigenvalue weighted by Gasteiger charge is 2.15. The quantitative estimate of drug-likeness (QED) is 0.278. The topological polar surface area (TPSA) is 121 Å². The van der Waals surface area contributed by atoms with Crippen LogP contribution < -0.4 is 5.11 Å². The average Bonchev–Trinajstić information content (AvgIpc) is 2.89. The lowest BCUT2D eigenvalue weighted by Gasteiger charge is -2.23. The van der Waals surface area contributed by atoms with Gasteiger partial charge < -0.3 is 29.6 Å². The van der Waals surface area contributed by atoms with Crippen molar-refractivity contribution in [2.24, 2.45) is 0 Å². The molecule has 0 aliphatic heterocycles. The predicted octanol–water partition coefficient (Wildman–Crippen LogP) is 0.966. The van der Waals surface area contributed by atoms with Crippen LogP contribution in [0.3, 0.4) is 0 Å². The van der Waals surface area contributed by atoms with Gasteiger partial charge in [-0.15, -0.1) is 24.0 Å². The van der Waals surface area contributed by atoms with Crippen molar-refractivity contribution in [2.75, 3.05) is 27.7 Å². The van der Waals surface area contributed by atoms with Gasteiger partial charge in [0.05, 0.1) is 33.7 Å². The first-order valence-electron chi connectivity index (χ1n) is 7.93. The van der Waals surface area contributed by atoms with Gasteiger partial charge in [-0.25, -0.2) is 9.55 Å². The Balaban J connectivity index is 0.000000488. The number of hydrogen-bond donors (Lipinski definition) is 1. The minimum atomic E-state index is -1.12. The van der Waals surface area contributed by atoms with Crippen LogP contribution in [-0.4, -0.2) is 57.8 Å². The van der Waals surface area contributed by atoms with Gasteiger partial charge >= 0.3 is 5.82 Å². The number of carbonyl (C=O) groups excluding carboxylic acids is 1. The van der Waals surface area contributed by atoms with Gasteiger partial charge in [0.2, 0.25) is 0 Å². The Labute approximate surface area is 175 Å². The standard InChI is InChI=1S/C11H15NO2.C6H9N3O3.HI/c1-12(2,3)8-9-4-6-10(7-5-9)11(13)14;1-5-7-4-6(9(11)12)8(5)2-3-10;/h4-7H,8H2,1-3H3;4,10H,2-3H2,1H3;1H. The molecule has 150 valence electrons. The van der Waals surface area contributed by atoms with Gasteiger partial charge in [0.15, 0.2) is 5.82 Å². The lowest BCUT2D eigenvalue weighted by Crippen LogP contribution is -2.33. The Morgan fingerprint density at radius 2 is 1.81 bits per heavy atom. The van der Waals surface area contributed by atoms with Crippen molar-refractivity contribution < 1.29 is 24.4 Å². The zero-order valence-corrected chi connectivity index (χ0v) is 18.1. The molecule has 0 fully saturated rings. The molecule has 0 aliphatic rings. The van der Waals surface area contributed by atoms with Crippen LogP contribution in [0.1, 0.15) is 21.7 Å². The Morgan fingerprint density at radius 1 is 1.26 bits per heavy atom. The summed E-state index contributed by atoms with van der Waals surface area (Å²) in [4.78, 5) is 24.1. The smallest absolute Gasteiger partial charge is 0.342 e. The molecule has 0 bridgehead atoms. The fourth-order valence-corrected chi connectivity index (χ4v) is 2.27. The molecule has 0 spiro atoms. The van der Waals surface area contributed by atoms with Gasteiger partial charge in [-0.1, -0.05) is 24.3 Å². The van der Waals surface area contributed by atoms with E-state index in [0.29, 0.717) is 5.82 Å². The second-order valence-corrected chi connectivity index (χ2v) is 6.73. The maximum atomic E-state index is 10.5. The minimum absolute atomic E-state index is 0. The summed E-state index contributed by atoms with van der Waals surface area (Å²) in [5.74, 6) is -0.668. The van der Waals surface area contributed by atoms with Crippen molar-refractivity contribution in [3.05, 3.63) is 57.5 Å². The summed E-state index contributed by atoms with van der Waals surface area (Å²) in [5, 5.41) is 29.5. The molecule has 0 radical (unpaired) electrons. The molecule has 0 aliphatic carbocycles. The Kier molecular flexibility index (Phi) is 10.1. The number of nitro groups is 1. The SMILES string of the molecule is C[N+](C)(C)Cc1ccc(C(=O)[O-])cc1.Cc1ncc([N+](=O)[O-])n1CCO.I. The van der Waals surface area contributed by atoms with Gasteiger partial charge in [0.1, 0.15) is 19.3 Å². The van der Waals surface area contributed by atoms with Gasteiger partial charge in [-0.2, -0.15) is 0 Å². The summed E-state index contributed by atoms with van der Waals surface area (Å²) < 4.78 is 2.19. The van der Waals surface area contributed by atoms with Crippen molar-refractivity contribution in [1.82, 2.24) is 9.55 Å². The predicted molar refractivity (Wildman–Crippen MR) is 109 cm³/mol. The molecule has 27 heavy (non-hydrogen) atoms. The Hall–Kier alpha value is -2.05. The van der Waals surface area contributed by atoms with Crippen molar-refractivity contribution >= 4 is 35.8 Å². The number of benzene rings is 1. The second kappa shape index (κ2) is 10.9. The number of rotatable bonds is 6.